The maximum absolute atomic E-state index is 13.3. The molecule has 1 saturated heterocycles. The third-order valence-corrected chi connectivity index (χ3v) is 6.40. The molecule has 0 spiro atoms. The van der Waals surface area contributed by atoms with Crippen LogP contribution in [0.3, 0.4) is 0 Å². The molecule has 38 heavy (non-hydrogen) atoms. The second-order valence-corrected chi connectivity index (χ2v) is 9.17. The average Bonchev–Trinajstić information content (AvgIpc) is 2.86. The van der Waals surface area contributed by atoms with E-state index in [0.29, 0.717) is 12.1 Å². The fraction of sp³-hybridized carbons (Fsp3) is 0.333. The topological polar surface area (TPSA) is 62.7 Å². The predicted molar refractivity (Wildman–Crippen MR) is 125 cm³/mol. The molecule has 202 valence electrons. The van der Waals surface area contributed by atoms with Crippen LogP contribution in [0.1, 0.15) is 57.2 Å². The maximum atomic E-state index is 13.3. The lowest BCUT2D eigenvalue weighted by molar-refractivity contribution is -0.143. The lowest BCUT2D eigenvalue weighted by Crippen LogP contribution is -2.43. The van der Waals surface area contributed by atoms with Crippen molar-refractivity contribution in [2.75, 3.05) is 6.54 Å². The van der Waals surface area contributed by atoms with Gasteiger partial charge in [-0.2, -0.15) is 26.3 Å². The van der Waals surface area contributed by atoms with Gasteiger partial charge in [0.25, 0.3) is 5.91 Å². The van der Waals surface area contributed by atoms with Gasteiger partial charge in [0.15, 0.2) is 5.69 Å². The fourth-order valence-corrected chi connectivity index (χ4v) is 4.45. The van der Waals surface area contributed by atoms with Crippen LogP contribution in [0.2, 0.25) is 0 Å². The number of benzene rings is 2. The molecule has 0 bridgehead atoms. The summed E-state index contributed by atoms with van der Waals surface area (Å²) in [5, 5.41) is 10.1. The molecular weight excluding hydrogens is 514 g/mol. The summed E-state index contributed by atoms with van der Waals surface area (Å²) in [6.45, 7) is 1.61. The highest BCUT2D eigenvalue weighted by Crippen LogP contribution is 2.38. The summed E-state index contributed by atoms with van der Waals surface area (Å²) in [4.78, 5) is 18.8. The van der Waals surface area contributed by atoms with Gasteiger partial charge in [-0.1, -0.05) is 29.8 Å². The number of carbonyl (C=O) groups is 1. The quantitative estimate of drug-likeness (QED) is 0.368. The Labute approximate surface area is 214 Å². The smallest absolute Gasteiger partial charge is 0.416 e. The van der Waals surface area contributed by atoms with E-state index in [0.717, 1.165) is 11.1 Å². The Bertz CT molecular complexity index is 1260. The molecule has 1 amide bonds. The van der Waals surface area contributed by atoms with E-state index < -0.39 is 48.1 Å². The molecule has 2 atom stereocenters. The number of carbonyl (C=O) groups excluding carboxylic acids is 1. The van der Waals surface area contributed by atoms with Crippen LogP contribution in [0, 0.1) is 6.92 Å². The molecule has 1 N–H and O–H groups in total. The van der Waals surface area contributed by atoms with Crippen molar-refractivity contribution in [3.63, 3.8) is 0 Å². The van der Waals surface area contributed by atoms with Crippen LogP contribution in [0.5, 0.6) is 5.75 Å². The summed E-state index contributed by atoms with van der Waals surface area (Å²) >= 11 is 0. The molecule has 2 unspecified atom stereocenters. The minimum Gasteiger partial charge on any atom is -0.505 e. The molecule has 1 aliphatic rings. The molecule has 11 heteroatoms. The minimum atomic E-state index is -4.95. The minimum absolute atomic E-state index is 0.0774. The van der Waals surface area contributed by atoms with Crippen LogP contribution in [0.15, 0.2) is 60.8 Å². The summed E-state index contributed by atoms with van der Waals surface area (Å²) in [6.07, 6.45) is -8.54. The molecule has 0 aliphatic carbocycles. The van der Waals surface area contributed by atoms with Gasteiger partial charge in [-0.3, -0.25) is 4.79 Å². The van der Waals surface area contributed by atoms with E-state index in [1.807, 2.05) is 31.2 Å². The molecule has 1 fully saturated rings. The third kappa shape index (κ3) is 6.27. The number of halogens is 6. The largest absolute Gasteiger partial charge is 0.505 e. The molecular formula is C27H24F6N2O3. The van der Waals surface area contributed by atoms with Crippen LogP contribution < -0.4 is 0 Å². The highest BCUT2D eigenvalue weighted by molar-refractivity contribution is 5.95. The van der Waals surface area contributed by atoms with Crippen LogP contribution in [-0.2, 0) is 23.7 Å². The number of nitrogens with zero attached hydrogens (tertiary/aromatic N) is 2. The van der Waals surface area contributed by atoms with E-state index in [1.54, 1.807) is 4.90 Å². The van der Waals surface area contributed by atoms with Crippen molar-refractivity contribution in [1.82, 2.24) is 9.88 Å². The first-order valence-electron chi connectivity index (χ1n) is 11.7. The standard InChI is InChI=1S/C27H24F6N2O3/c1-16-4-6-18(7-5-16)22-14-21(8-10-35(22)25(37)24-23(36)3-2-9-34-24)38-15-17-11-19(26(28,29)30)13-20(12-17)27(31,32)33/h2-7,9,11-13,21-22,36H,8,10,14-15H2,1H3. The first-order valence-corrected chi connectivity index (χ1v) is 11.7. The van der Waals surface area contributed by atoms with E-state index in [4.69, 9.17) is 4.74 Å². The highest BCUT2D eigenvalue weighted by atomic mass is 19.4. The van der Waals surface area contributed by atoms with E-state index in [1.165, 1.54) is 18.3 Å². The van der Waals surface area contributed by atoms with Gasteiger partial charge in [0.2, 0.25) is 0 Å². The number of rotatable bonds is 5. The van der Waals surface area contributed by atoms with E-state index >= 15 is 0 Å². The molecule has 1 aromatic heterocycles. The van der Waals surface area contributed by atoms with Crippen LogP contribution in [-0.4, -0.2) is 33.5 Å². The number of amides is 1. The zero-order chi connectivity index (χ0) is 27.7. The number of likely N-dealkylation sites (tertiary alicyclic amines) is 1. The second kappa shape index (κ2) is 10.6. The Morgan fingerprint density at radius 1 is 1.03 bits per heavy atom. The molecule has 2 heterocycles. The van der Waals surface area contributed by atoms with Gasteiger partial charge in [0, 0.05) is 12.7 Å². The maximum Gasteiger partial charge on any atom is 0.416 e. The van der Waals surface area contributed by atoms with Gasteiger partial charge < -0.3 is 14.7 Å². The number of aromatic hydroxyl groups is 1. The second-order valence-electron chi connectivity index (χ2n) is 9.17. The molecule has 2 aromatic carbocycles. The van der Waals surface area contributed by atoms with Crippen molar-refractivity contribution in [3.8, 4) is 5.75 Å². The van der Waals surface area contributed by atoms with Gasteiger partial charge in [-0.15, -0.1) is 0 Å². The van der Waals surface area contributed by atoms with Crippen LogP contribution in [0.4, 0.5) is 26.3 Å². The first-order chi connectivity index (χ1) is 17.8. The molecule has 0 radical (unpaired) electrons. The Kier molecular flexibility index (Phi) is 7.68. The van der Waals surface area contributed by atoms with Crippen molar-refractivity contribution in [3.05, 3.63) is 94.3 Å². The molecule has 4 rings (SSSR count). The zero-order valence-corrected chi connectivity index (χ0v) is 20.2. The SMILES string of the molecule is Cc1ccc(C2CC(OCc3cc(C(F)(F)F)cc(C(F)(F)F)c3)CCN2C(=O)c2ncccc2O)cc1. The van der Waals surface area contributed by atoms with Crippen molar-refractivity contribution in [1.29, 1.82) is 0 Å². The van der Waals surface area contributed by atoms with E-state index in [-0.39, 0.29) is 42.5 Å². The van der Waals surface area contributed by atoms with Crippen molar-refractivity contribution >= 4 is 5.91 Å². The summed E-state index contributed by atoms with van der Waals surface area (Å²) in [5.74, 6) is -0.775. The summed E-state index contributed by atoms with van der Waals surface area (Å²) in [7, 11) is 0. The lowest BCUT2D eigenvalue weighted by atomic mass is 9.92. The summed E-state index contributed by atoms with van der Waals surface area (Å²) in [5.41, 5.74) is -1.42. The number of aromatic nitrogens is 1. The van der Waals surface area contributed by atoms with Crippen molar-refractivity contribution in [2.24, 2.45) is 0 Å². The van der Waals surface area contributed by atoms with Gasteiger partial charge in [0.1, 0.15) is 5.75 Å². The number of ether oxygens (including phenoxy) is 1. The van der Waals surface area contributed by atoms with Crippen molar-refractivity contribution < 1.29 is 41.0 Å². The Hall–Kier alpha value is -3.60. The molecule has 3 aromatic rings. The van der Waals surface area contributed by atoms with Crippen molar-refractivity contribution in [2.45, 2.75) is 50.9 Å². The molecule has 5 nitrogen and oxygen atoms in total. The number of aryl methyl sites for hydroxylation is 1. The lowest BCUT2D eigenvalue weighted by Gasteiger charge is -2.39. The Balaban J connectivity index is 1.56. The van der Waals surface area contributed by atoms with Gasteiger partial charge in [-0.05, 0) is 61.2 Å². The predicted octanol–water partition coefficient (Wildman–Crippen LogP) is 6.70. The Morgan fingerprint density at radius 2 is 1.66 bits per heavy atom. The monoisotopic (exact) mass is 538 g/mol. The van der Waals surface area contributed by atoms with Gasteiger partial charge in [-0.25, -0.2) is 4.98 Å². The van der Waals surface area contributed by atoms with Crippen LogP contribution in [0.25, 0.3) is 0 Å². The van der Waals surface area contributed by atoms with E-state index in [2.05, 4.69) is 4.98 Å². The number of hydrogen-bond acceptors (Lipinski definition) is 4. The number of piperidine rings is 1. The summed E-state index contributed by atoms with van der Waals surface area (Å²) in [6, 6.07) is 11.1. The van der Waals surface area contributed by atoms with E-state index in [9.17, 15) is 36.2 Å². The fourth-order valence-electron chi connectivity index (χ4n) is 4.45. The Morgan fingerprint density at radius 3 is 2.24 bits per heavy atom. The van der Waals surface area contributed by atoms with Gasteiger partial charge in [0.05, 0.1) is 29.9 Å². The average molecular weight is 538 g/mol. The summed E-state index contributed by atoms with van der Waals surface area (Å²) < 4.78 is 85.1. The normalized spacial score (nSPS) is 18.4. The molecule has 1 aliphatic heterocycles. The highest BCUT2D eigenvalue weighted by Gasteiger charge is 2.38. The first kappa shape index (κ1) is 27.4. The number of alkyl halides is 6. The van der Waals surface area contributed by atoms with Crippen LogP contribution >= 0.6 is 0 Å². The number of hydrogen-bond donors (Lipinski definition) is 1. The molecule has 0 saturated carbocycles. The van der Waals surface area contributed by atoms with Gasteiger partial charge >= 0.3 is 12.4 Å². The third-order valence-electron chi connectivity index (χ3n) is 6.40. The number of pyridine rings is 1. The zero-order valence-electron chi connectivity index (χ0n) is 20.2.